The van der Waals surface area contributed by atoms with Gasteiger partial charge in [0.2, 0.25) is 0 Å². The van der Waals surface area contributed by atoms with Crippen LogP contribution in [0.25, 0.3) is 11.8 Å². The van der Waals surface area contributed by atoms with E-state index in [1.54, 1.807) is 32.2 Å². The number of thiazole rings is 1. The zero-order chi connectivity index (χ0) is 31.5. The van der Waals surface area contributed by atoms with Crippen LogP contribution in [0.4, 0.5) is 0 Å². The normalized spacial score (nSPS) is 14.6. The molecule has 0 saturated carbocycles. The SMILES string of the molecule is CCOC(=O)C1=C(c2ccccc2)N=c2s/c(=C/c3cc(Br)c(Sc4ccccc4)o3)c(=O)n2[C@H]1c1ccc(OC)c(OC)c1. The van der Waals surface area contributed by atoms with Crippen molar-refractivity contribution in [3.63, 3.8) is 0 Å². The summed E-state index contributed by atoms with van der Waals surface area (Å²) < 4.78 is 25.4. The maximum atomic E-state index is 14.2. The minimum atomic E-state index is -0.856. The fraction of sp³-hybridized carbons (Fsp3) is 0.147. The molecule has 2 aromatic heterocycles. The number of furan rings is 1. The fourth-order valence-electron chi connectivity index (χ4n) is 5.01. The molecule has 45 heavy (non-hydrogen) atoms. The van der Waals surface area contributed by atoms with Crippen LogP contribution in [0.15, 0.2) is 119 Å². The predicted octanol–water partition coefficient (Wildman–Crippen LogP) is 6.46. The van der Waals surface area contributed by atoms with E-state index in [1.165, 1.54) is 34.8 Å². The van der Waals surface area contributed by atoms with Crippen LogP contribution in [0.3, 0.4) is 0 Å². The van der Waals surface area contributed by atoms with Crippen molar-refractivity contribution in [3.8, 4) is 11.5 Å². The molecular weight excluding hydrogens is 676 g/mol. The van der Waals surface area contributed by atoms with Crippen molar-refractivity contribution in [1.29, 1.82) is 0 Å². The largest absolute Gasteiger partial charge is 0.493 e. The van der Waals surface area contributed by atoms with Crippen molar-refractivity contribution >= 4 is 56.8 Å². The molecule has 8 nitrogen and oxygen atoms in total. The Balaban J connectivity index is 1.56. The number of carbonyl (C=O) groups is 1. The molecule has 0 unspecified atom stereocenters. The molecule has 1 aliphatic heterocycles. The smallest absolute Gasteiger partial charge is 0.338 e. The summed E-state index contributed by atoms with van der Waals surface area (Å²) in [4.78, 5) is 34.3. The lowest BCUT2D eigenvalue weighted by Crippen LogP contribution is -2.40. The molecule has 1 aliphatic rings. The highest BCUT2D eigenvalue weighted by Gasteiger charge is 2.35. The molecule has 3 aromatic carbocycles. The van der Waals surface area contributed by atoms with E-state index < -0.39 is 12.0 Å². The molecule has 0 radical (unpaired) electrons. The number of fused-ring (bicyclic) bond motifs is 1. The van der Waals surface area contributed by atoms with Gasteiger partial charge < -0.3 is 18.6 Å². The van der Waals surface area contributed by atoms with Crippen LogP contribution in [0.5, 0.6) is 11.5 Å². The van der Waals surface area contributed by atoms with Gasteiger partial charge in [-0.05, 0) is 58.7 Å². The standard InChI is InChI=1S/C34H27BrN2O6S2/c1-4-42-32(39)28-29(20-11-7-5-8-12-20)36-34-37(30(28)21-15-16-25(40-2)26(17-21)41-3)31(38)27(45-34)19-22-18-24(35)33(43-22)44-23-13-9-6-10-14-23/h5-19,30H,4H2,1-3H3/b27-19+/t30-/m0/s1. The minimum Gasteiger partial charge on any atom is -0.493 e. The second-order valence-corrected chi connectivity index (χ2v) is 12.7. The van der Waals surface area contributed by atoms with Gasteiger partial charge in [-0.25, -0.2) is 9.79 Å². The molecule has 0 amide bonds. The number of rotatable bonds is 9. The van der Waals surface area contributed by atoms with Crippen molar-refractivity contribution in [2.45, 2.75) is 23.0 Å². The van der Waals surface area contributed by atoms with E-state index in [1.807, 2.05) is 72.8 Å². The number of halogens is 1. The third-order valence-electron chi connectivity index (χ3n) is 7.00. The van der Waals surface area contributed by atoms with E-state index in [4.69, 9.17) is 23.6 Å². The van der Waals surface area contributed by atoms with Gasteiger partial charge in [-0.2, -0.15) is 0 Å². The molecule has 0 aliphatic carbocycles. The Morgan fingerprint density at radius 2 is 1.73 bits per heavy atom. The van der Waals surface area contributed by atoms with Crippen LogP contribution in [-0.4, -0.2) is 31.4 Å². The first kappa shape index (κ1) is 30.7. The zero-order valence-corrected chi connectivity index (χ0v) is 27.7. The molecule has 0 spiro atoms. The maximum Gasteiger partial charge on any atom is 0.338 e. The van der Waals surface area contributed by atoms with Crippen molar-refractivity contribution in [3.05, 3.63) is 132 Å². The molecule has 0 fully saturated rings. The molecule has 0 N–H and O–H groups in total. The van der Waals surface area contributed by atoms with E-state index in [2.05, 4.69) is 15.9 Å². The van der Waals surface area contributed by atoms with Crippen molar-refractivity contribution in [2.24, 2.45) is 4.99 Å². The molecule has 6 rings (SSSR count). The lowest BCUT2D eigenvalue weighted by molar-refractivity contribution is -0.138. The average molecular weight is 704 g/mol. The number of ether oxygens (including phenoxy) is 3. The Hall–Kier alpha value is -4.32. The van der Waals surface area contributed by atoms with Crippen LogP contribution in [0, 0.1) is 0 Å². The molecule has 0 saturated heterocycles. The fourth-order valence-corrected chi connectivity index (χ4v) is 7.35. The third-order valence-corrected chi connectivity index (χ3v) is 9.83. The molecule has 0 bridgehead atoms. The Morgan fingerprint density at radius 3 is 2.42 bits per heavy atom. The quantitative estimate of drug-likeness (QED) is 0.163. The van der Waals surface area contributed by atoms with Gasteiger partial charge in [0.05, 0.1) is 47.1 Å². The van der Waals surface area contributed by atoms with Crippen LogP contribution in [0.1, 0.15) is 29.9 Å². The Kier molecular flexibility index (Phi) is 9.11. The summed E-state index contributed by atoms with van der Waals surface area (Å²) in [5.41, 5.74) is 1.72. The number of benzene rings is 3. The highest BCUT2D eigenvalue weighted by molar-refractivity contribution is 9.10. The zero-order valence-electron chi connectivity index (χ0n) is 24.5. The van der Waals surface area contributed by atoms with Gasteiger partial charge in [-0.3, -0.25) is 9.36 Å². The van der Waals surface area contributed by atoms with Gasteiger partial charge in [-0.15, -0.1) is 0 Å². The number of carbonyl (C=O) groups excluding carboxylic acids is 1. The first-order valence-corrected chi connectivity index (χ1v) is 16.4. The number of nitrogens with zero attached hydrogens (tertiary/aromatic N) is 2. The van der Waals surface area contributed by atoms with E-state index in [-0.39, 0.29) is 17.7 Å². The third kappa shape index (κ3) is 6.15. The summed E-state index contributed by atoms with van der Waals surface area (Å²) in [7, 11) is 3.09. The highest BCUT2D eigenvalue weighted by atomic mass is 79.9. The Labute approximate surface area is 275 Å². The highest BCUT2D eigenvalue weighted by Crippen LogP contribution is 2.39. The molecule has 5 aromatic rings. The second-order valence-electron chi connectivity index (χ2n) is 9.75. The Bertz CT molecular complexity index is 2080. The number of hydrogen-bond donors (Lipinski definition) is 0. The lowest BCUT2D eigenvalue weighted by Gasteiger charge is -2.26. The van der Waals surface area contributed by atoms with Gasteiger partial charge in [-0.1, -0.05) is 77.7 Å². The van der Waals surface area contributed by atoms with Gasteiger partial charge in [0.25, 0.3) is 5.56 Å². The molecule has 1 atom stereocenters. The number of hydrogen-bond acceptors (Lipinski definition) is 9. The summed E-state index contributed by atoms with van der Waals surface area (Å²) in [5, 5.41) is 0.666. The van der Waals surface area contributed by atoms with Gasteiger partial charge in [0.1, 0.15) is 5.76 Å². The maximum absolute atomic E-state index is 14.2. The van der Waals surface area contributed by atoms with E-state index in [0.717, 1.165) is 14.9 Å². The van der Waals surface area contributed by atoms with Gasteiger partial charge in [0.15, 0.2) is 21.4 Å². The van der Waals surface area contributed by atoms with Gasteiger partial charge >= 0.3 is 5.97 Å². The summed E-state index contributed by atoms with van der Waals surface area (Å²) in [5.74, 6) is 0.918. The number of esters is 1. The summed E-state index contributed by atoms with van der Waals surface area (Å²) >= 11 is 6.28. The first-order valence-electron chi connectivity index (χ1n) is 13.9. The minimum absolute atomic E-state index is 0.157. The lowest BCUT2D eigenvalue weighted by atomic mass is 9.93. The summed E-state index contributed by atoms with van der Waals surface area (Å²) in [6.45, 7) is 1.90. The van der Waals surface area contributed by atoms with E-state index in [0.29, 0.717) is 42.9 Å². The summed E-state index contributed by atoms with van der Waals surface area (Å²) in [6, 6.07) is 25.6. The van der Waals surface area contributed by atoms with Crippen LogP contribution < -0.4 is 24.4 Å². The average Bonchev–Trinajstić information content (AvgIpc) is 3.57. The van der Waals surface area contributed by atoms with E-state index in [9.17, 15) is 9.59 Å². The van der Waals surface area contributed by atoms with Crippen molar-refractivity contribution < 1.29 is 23.4 Å². The Morgan fingerprint density at radius 1 is 1.02 bits per heavy atom. The molecular formula is C34H27BrN2O6S2. The predicted molar refractivity (Wildman–Crippen MR) is 178 cm³/mol. The summed E-state index contributed by atoms with van der Waals surface area (Å²) in [6.07, 6.45) is 1.70. The van der Waals surface area contributed by atoms with Crippen LogP contribution in [-0.2, 0) is 9.53 Å². The van der Waals surface area contributed by atoms with Crippen molar-refractivity contribution in [2.75, 3.05) is 20.8 Å². The number of aromatic nitrogens is 1. The van der Waals surface area contributed by atoms with Crippen molar-refractivity contribution in [1.82, 2.24) is 4.57 Å². The molecule has 228 valence electrons. The van der Waals surface area contributed by atoms with E-state index >= 15 is 0 Å². The second kappa shape index (κ2) is 13.4. The topological polar surface area (TPSA) is 92.3 Å². The van der Waals surface area contributed by atoms with Crippen LogP contribution >= 0.6 is 39.0 Å². The van der Waals surface area contributed by atoms with Gasteiger partial charge in [0, 0.05) is 16.5 Å². The van der Waals surface area contributed by atoms with Crippen LogP contribution in [0.2, 0.25) is 0 Å². The number of methoxy groups -OCH3 is 2. The molecule has 11 heteroatoms. The monoisotopic (exact) mass is 702 g/mol. The first-order chi connectivity index (χ1) is 21.9. The molecule has 3 heterocycles.